The van der Waals surface area contributed by atoms with E-state index in [0.717, 1.165) is 51.9 Å². The molecule has 0 aliphatic heterocycles. The quantitative estimate of drug-likeness (QED) is 0.184. The molecule has 3 aromatic carbocycles. The van der Waals surface area contributed by atoms with Gasteiger partial charge in [-0.1, -0.05) is 36.4 Å². The molecule has 3 heterocycles. The number of carbonyl (C=O) groups excluding carboxylic acids is 1. The van der Waals surface area contributed by atoms with Gasteiger partial charge in [-0.3, -0.25) is 4.79 Å². The highest BCUT2D eigenvalue weighted by Crippen LogP contribution is 2.29. The van der Waals surface area contributed by atoms with Gasteiger partial charge in [-0.25, -0.2) is 0 Å². The number of aromatic nitrogens is 5. The second-order valence-electron chi connectivity index (χ2n) is 10.0. The van der Waals surface area contributed by atoms with Crippen LogP contribution in [0.4, 0.5) is 0 Å². The highest BCUT2D eigenvalue weighted by Gasteiger charge is 2.24. The lowest BCUT2D eigenvalue weighted by atomic mass is 10.0. The summed E-state index contributed by atoms with van der Waals surface area (Å²) in [5.74, 6) is 2.94. The van der Waals surface area contributed by atoms with Crippen molar-refractivity contribution in [3.8, 4) is 11.5 Å². The number of benzene rings is 3. The van der Waals surface area contributed by atoms with Gasteiger partial charge in [0.25, 0.3) is 0 Å². The fraction of sp³-hybridized carbons (Fsp3) is 0.219. The number of methoxy groups -OCH3 is 2. The van der Waals surface area contributed by atoms with Crippen molar-refractivity contribution in [3.05, 3.63) is 107 Å². The number of ether oxygens (including phenoxy) is 2. The Bertz CT molecular complexity index is 1770. The largest absolute Gasteiger partial charge is 0.497 e. The molecular weight excluding hydrogens is 516 g/mol. The first kappa shape index (κ1) is 26.2. The molecule has 3 N–H and O–H groups in total. The number of nitrogens with one attached hydrogen (secondary N) is 3. The summed E-state index contributed by atoms with van der Waals surface area (Å²) in [4.78, 5) is 18.6. The minimum Gasteiger partial charge on any atom is -0.497 e. The highest BCUT2D eigenvalue weighted by molar-refractivity contribution is 5.83. The molecule has 9 heteroatoms. The van der Waals surface area contributed by atoms with Crippen LogP contribution in [0.25, 0.3) is 21.8 Å². The summed E-state index contributed by atoms with van der Waals surface area (Å²) in [5.41, 5.74) is 5.34. The van der Waals surface area contributed by atoms with E-state index in [1.54, 1.807) is 14.2 Å². The van der Waals surface area contributed by atoms with Gasteiger partial charge < -0.3 is 29.3 Å². The molecular formula is C32H32N6O3. The van der Waals surface area contributed by atoms with E-state index in [1.807, 2.05) is 54.7 Å². The third-order valence-electron chi connectivity index (χ3n) is 7.56. The molecule has 0 aliphatic rings. The van der Waals surface area contributed by atoms with Crippen LogP contribution in [-0.2, 0) is 30.6 Å². The zero-order chi connectivity index (χ0) is 28.2. The number of rotatable bonds is 12. The first-order chi connectivity index (χ1) is 20.2. The maximum Gasteiger partial charge on any atom is 0.207 e. The van der Waals surface area contributed by atoms with Crippen LogP contribution in [0, 0.1) is 0 Å². The van der Waals surface area contributed by atoms with Crippen LogP contribution >= 0.6 is 0 Å². The lowest BCUT2D eigenvalue weighted by molar-refractivity contribution is -0.110. The van der Waals surface area contributed by atoms with Gasteiger partial charge in [0.15, 0.2) is 5.82 Å². The van der Waals surface area contributed by atoms with E-state index in [9.17, 15) is 4.79 Å². The Kier molecular flexibility index (Phi) is 7.40. The van der Waals surface area contributed by atoms with Crippen LogP contribution in [0.2, 0.25) is 0 Å². The van der Waals surface area contributed by atoms with E-state index in [4.69, 9.17) is 9.47 Å². The molecule has 1 atom stereocenters. The average molecular weight is 549 g/mol. The Morgan fingerprint density at radius 2 is 1.76 bits per heavy atom. The molecule has 0 bridgehead atoms. The summed E-state index contributed by atoms with van der Waals surface area (Å²) in [6.07, 6.45) is 4.72. The SMILES string of the molecule is COc1ccc(Cn2c(CCc3cc4ccccc4[nH]3)nnc2[C@@H](Cc2c[nH]c3ccccc23)NC=O)c(OC)c1. The lowest BCUT2D eigenvalue weighted by Crippen LogP contribution is -2.26. The molecule has 3 aromatic heterocycles. The normalized spacial score (nSPS) is 12.0. The molecule has 6 aromatic rings. The van der Waals surface area contributed by atoms with Gasteiger partial charge in [-0.05, 0) is 47.7 Å². The Balaban J connectivity index is 1.36. The van der Waals surface area contributed by atoms with Crippen LogP contribution in [0.1, 0.15) is 34.5 Å². The second kappa shape index (κ2) is 11.6. The van der Waals surface area contributed by atoms with Crippen LogP contribution in [-0.4, -0.2) is 45.4 Å². The fourth-order valence-corrected chi connectivity index (χ4v) is 5.46. The van der Waals surface area contributed by atoms with E-state index in [1.165, 1.54) is 5.39 Å². The smallest absolute Gasteiger partial charge is 0.207 e. The van der Waals surface area contributed by atoms with Gasteiger partial charge in [0, 0.05) is 52.8 Å². The summed E-state index contributed by atoms with van der Waals surface area (Å²) in [5, 5.41) is 14.6. The van der Waals surface area contributed by atoms with E-state index in [-0.39, 0.29) is 6.04 Å². The van der Waals surface area contributed by atoms with E-state index in [0.29, 0.717) is 36.7 Å². The van der Waals surface area contributed by atoms with Crippen molar-refractivity contribution in [2.45, 2.75) is 31.8 Å². The van der Waals surface area contributed by atoms with Crippen molar-refractivity contribution in [1.29, 1.82) is 0 Å². The number of amides is 1. The standard InChI is InChI=1S/C32H32N6O3/c1-40-25-13-11-22(30(17-25)41-2)19-38-31(14-12-24-15-21-7-3-5-9-27(21)35-24)36-37-32(38)29(34-20-39)16-23-18-33-28-10-6-4-8-26(23)28/h3-11,13,15,17-18,20,29,33,35H,12,14,16,19H2,1-2H3,(H,34,39)/t29-/m1/s1. The maximum atomic E-state index is 11.8. The van der Waals surface area contributed by atoms with Crippen molar-refractivity contribution < 1.29 is 14.3 Å². The monoisotopic (exact) mass is 548 g/mol. The molecule has 0 unspecified atom stereocenters. The Hall–Kier alpha value is -5.05. The topological polar surface area (TPSA) is 110 Å². The van der Waals surface area contributed by atoms with Crippen LogP contribution in [0.3, 0.4) is 0 Å². The third kappa shape index (κ3) is 5.38. The molecule has 41 heavy (non-hydrogen) atoms. The van der Waals surface area contributed by atoms with Crippen LogP contribution in [0.15, 0.2) is 79.0 Å². The molecule has 0 saturated carbocycles. The number of aromatic amines is 2. The first-order valence-corrected chi connectivity index (χ1v) is 13.6. The molecule has 0 spiro atoms. The summed E-state index contributed by atoms with van der Waals surface area (Å²) < 4.78 is 13.2. The van der Waals surface area contributed by atoms with Gasteiger partial charge in [0.05, 0.1) is 26.8 Å². The van der Waals surface area contributed by atoms with Crippen molar-refractivity contribution in [2.24, 2.45) is 0 Å². The molecule has 1 amide bonds. The number of carbonyl (C=O) groups is 1. The summed E-state index contributed by atoms with van der Waals surface area (Å²) in [6.45, 7) is 0.475. The number of H-pyrrole nitrogens is 2. The third-order valence-corrected chi connectivity index (χ3v) is 7.56. The van der Waals surface area contributed by atoms with Crippen LogP contribution in [0.5, 0.6) is 11.5 Å². The van der Waals surface area contributed by atoms with Gasteiger partial charge in [0.2, 0.25) is 6.41 Å². The van der Waals surface area contributed by atoms with E-state index < -0.39 is 0 Å². The van der Waals surface area contributed by atoms with Crippen molar-refractivity contribution in [3.63, 3.8) is 0 Å². The molecule has 6 rings (SSSR count). The number of hydrogen-bond donors (Lipinski definition) is 3. The first-order valence-electron chi connectivity index (χ1n) is 13.6. The van der Waals surface area contributed by atoms with Gasteiger partial charge in [-0.15, -0.1) is 10.2 Å². The van der Waals surface area contributed by atoms with Gasteiger partial charge in [0.1, 0.15) is 17.3 Å². The van der Waals surface area contributed by atoms with Gasteiger partial charge >= 0.3 is 0 Å². The second-order valence-corrected chi connectivity index (χ2v) is 10.0. The fourth-order valence-electron chi connectivity index (χ4n) is 5.46. The number of para-hydroxylation sites is 2. The lowest BCUT2D eigenvalue weighted by Gasteiger charge is -2.19. The Labute approximate surface area is 237 Å². The predicted molar refractivity (Wildman–Crippen MR) is 158 cm³/mol. The number of aryl methyl sites for hydroxylation is 2. The summed E-state index contributed by atoms with van der Waals surface area (Å²) in [6, 6.07) is 24.0. The number of fused-ring (bicyclic) bond motifs is 2. The molecule has 0 fully saturated rings. The average Bonchev–Trinajstić information content (AvgIpc) is 3.73. The zero-order valence-corrected chi connectivity index (χ0v) is 23.1. The summed E-state index contributed by atoms with van der Waals surface area (Å²) >= 11 is 0. The molecule has 0 radical (unpaired) electrons. The molecule has 0 saturated heterocycles. The Morgan fingerprint density at radius 1 is 0.927 bits per heavy atom. The minimum absolute atomic E-state index is 0.384. The van der Waals surface area contributed by atoms with Crippen LogP contribution < -0.4 is 14.8 Å². The molecule has 9 nitrogen and oxygen atoms in total. The molecule has 0 aliphatic carbocycles. The van der Waals surface area contributed by atoms with Gasteiger partial charge in [-0.2, -0.15) is 0 Å². The minimum atomic E-state index is -0.384. The predicted octanol–water partition coefficient (Wildman–Crippen LogP) is 5.12. The highest BCUT2D eigenvalue weighted by atomic mass is 16.5. The van der Waals surface area contributed by atoms with Crippen molar-refractivity contribution >= 4 is 28.2 Å². The zero-order valence-electron chi connectivity index (χ0n) is 23.1. The van der Waals surface area contributed by atoms with E-state index in [2.05, 4.69) is 54.3 Å². The Morgan fingerprint density at radius 3 is 2.56 bits per heavy atom. The maximum absolute atomic E-state index is 11.8. The molecule has 208 valence electrons. The van der Waals surface area contributed by atoms with E-state index >= 15 is 0 Å². The van der Waals surface area contributed by atoms with Crippen molar-refractivity contribution in [1.82, 2.24) is 30.0 Å². The number of hydrogen-bond acceptors (Lipinski definition) is 5. The number of nitrogens with zero attached hydrogens (tertiary/aromatic N) is 3. The summed E-state index contributed by atoms with van der Waals surface area (Å²) in [7, 11) is 3.28. The van der Waals surface area contributed by atoms with Crippen molar-refractivity contribution in [2.75, 3.05) is 14.2 Å².